The van der Waals surface area contributed by atoms with Gasteiger partial charge in [0.1, 0.15) is 5.75 Å². The predicted molar refractivity (Wildman–Crippen MR) is 67.3 cm³/mol. The number of hydrogen-bond donors (Lipinski definition) is 0. The van der Waals surface area contributed by atoms with Crippen LogP contribution in [0.25, 0.3) is 0 Å². The molecule has 0 aliphatic rings. The number of carbonyl (C=O) groups is 1. The van der Waals surface area contributed by atoms with E-state index in [1.54, 1.807) is 24.3 Å². The maximum atomic E-state index is 11.3. The Kier molecular flexibility index (Phi) is 5.57. The van der Waals surface area contributed by atoms with Crippen molar-refractivity contribution < 1.29 is 14.3 Å². The molecule has 0 spiro atoms. The monoisotopic (exact) mass is 254 g/mol. The highest BCUT2D eigenvalue weighted by Gasteiger charge is 2.03. The molecule has 0 radical (unpaired) electrons. The van der Waals surface area contributed by atoms with Crippen LogP contribution in [0, 0.1) is 0 Å². The van der Waals surface area contributed by atoms with Crippen LogP contribution in [0.2, 0.25) is 5.02 Å². The maximum absolute atomic E-state index is 11.3. The van der Waals surface area contributed by atoms with E-state index in [2.05, 4.69) is 6.58 Å². The third kappa shape index (κ3) is 5.97. The Hall–Kier alpha value is -1.48. The van der Waals surface area contributed by atoms with Crippen molar-refractivity contribution in [2.45, 2.75) is 13.3 Å². The van der Waals surface area contributed by atoms with Gasteiger partial charge in [0, 0.05) is 11.4 Å². The van der Waals surface area contributed by atoms with Gasteiger partial charge in [0.05, 0.1) is 6.61 Å². The molecule has 0 heterocycles. The quantitative estimate of drug-likeness (QED) is 0.578. The Morgan fingerprint density at radius 2 is 2.00 bits per heavy atom. The summed E-state index contributed by atoms with van der Waals surface area (Å²) in [5.41, 5.74) is 0.983. The van der Waals surface area contributed by atoms with Gasteiger partial charge in [0.25, 0.3) is 0 Å². The summed E-state index contributed by atoms with van der Waals surface area (Å²) < 4.78 is 10.2. The molecular formula is C13H15ClO3. The average Bonchev–Trinajstić information content (AvgIpc) is 2.28. The molecule has 0 saturated heterocycles. The molecule has 0 unspecified atom stereocenters. The van der Waals surface area contributed by atoms with Crippen LogP contribution >= 0.6 is 11.6 Å². The number of benzene rings is 1. The van der Waals surface area contributed by atoms with Crippen LogP contribution in [0.3, 0.4) is 0 Å². The highest BCUT2D eigenvalue weighted by molar-refractivity contribution is 6.30. The van der Waals surface area contributed by atoms with Crippen LogP contribution in [0.1, 0.15) is 13.3 Å². The van der Waals surface area contributed by atoms with Gasteiger partial charge in [-0.25, -0.2) is 4.79 Å². The van der Waals surface area contributed by atoms with Gasteiger partial charge in [-0.05, 0) is 31.2 Å². The predicted octanol–water partition coefficient (Wildman–Crippen LogP) is 3.23. The molecule has 1 aromatic rings. The van der Waals surface area contributed by atoms with E-state index in [9.17, 15) is 4.79 Å². The van der Waals surface area contributed by atoms with E-state index in [1.165, 1.54) is 0 Å². The lowest BCUT2D eigenvalue weighted by atomic mass is 10.3. The minimum atomic E-state index is -0.388. The van der Waals surface area contributed by atoms with Crippen LogP contribution < -0.4 is 4.74 Å². The lowest BCUT2D eigenvalue weighted by Gasteiger charge is -2.06. The third-order valence-corrected chi connectivity index (χ3v) is 2.21. The summed E-state index contributed by atoms with van der Waals surface area (Å²) in [6.07, 6.45) is 0.673. The zero-order valence-electron chi connectivity index (χ0n) is 9.74. The summed E-state index contributed by atoms with van der Waals surface area (Å²) in [4.78, 5) is 11.3. The number of rotatable bonds is 6. The highest BCUT2D eigenvalue weighted by atomic mass is 35.5. The van der Waals surface area contributed by atoms with Gasteiger partial charge < -0.3 is 9.47 Å². The zero-order valence-corrected chi connectivity index (χ0v) is 10.5. The Bertz CT molecular complexity index is 384. The van der Waals surface area contributed by atoms with Crippen molar-refractivity contribution in [2.75, 3.05) is 13.2 Å². The van der Waals surface area contributed by atoms with E-state index in [0.29, 0.717) is 23.8 Å². The molecule has 1 rings (SSSR count). The highest BCUT2D eigenvalue weighted by Crippen LogP contribution is 2.15. The van der Waals surface area contributed by atoms with E-state index in [1.807, 2.05) is 6.92 Å². The second-order valence-electron chi connectivity index (χ2n) is 3.67. The summed E-state index contributed by atoms with van der Waals surface area (Å²) >= 11 is 5.72. The van der Waals surface area contributed by atoms with Crippen molar-refractivity contribution >= 4 is 17.6 Å². The minimum absolute atomic E-state index is 0.0994. The van der Waals surface area contributed by atoms with Crippen molar-refractivity contribution in [3.8, 4) is 5.75 Å². The summed E-state index contributed by atoms with van der Waals surface area (Å²) in [7, 11) is 0. The number of halogens is 1. The largest absolute Gasteiger partial charge is 0.482 e. The fourth-order valence-electron chi connectivity index (χ4n) is 1.05. The second-order valence-corrected chi connectivity index (χ2v) is 4.11. The first-order valence-electron chi connectivity index (χ1n) is 5.26. The van der Waals surface area contributed by atoms with Gasteiger partial charge in [-0.1, -0.05) is 17.2 Å². The summed E-state index contributed by atoms with van der Waals surface area (Å²) in [6.45, 7) is 5.85. The first-order valence-corrected chi connectivity index (χ1v) is 5.64. The lowest BCUT2D eigenvalue weighted by Crippen LogP contribution is -2.15. The van der Waals surface area contributed by atoms with Gasteiger partial charge in [-0.2, -0.15) is 0 Å². The van der Waals surface area contributed by atoms with Gasteiger partial charge in [-0.3, -0.25) is 0 Å². The average molecular weight is 255 g/mol. The molecule has 0 aromatic heterocycles. The standard InChI is InChI=1S/C13H15ClO3/c1-10(2)7-8-16-13(15)9-17-12-5-3-11(14)4-6-12/h3-6H,1,7-9H2,2H3. The molecule has 0 saturated carbocycles. The number of ether oxygens (including phenoxy) is 2. The van der Waals surface area contributed by atoms with Gasteiger partial charge in [0.2, 0.25) is 0 Å². The topological polar surface area (TPSA) is 35.5 Å². The Morgan fingerprint density at radius 3 is 2.59 bits per heavy atom. The maximum Gasteiger partial charge on any atom is 0.344 e. The van der Waals surface area contributed by atoms with E-state index in [4.69, 9.17) is 21.1 Å². The van der Waals surface area contributed by atoms with E-state index < -0.39 is 0 Å². The fraction of sp³-hybridized carbons (Fsp3) is 0.308. The Morgan fingerprint density at radius 1 is 1.35 bits per heavy atom. The second kappa shape index (κ2) is 6.97. The normalized spacial score (nSPS) is 9.76. The van der Waals surface area contributed by atoms with Crippen LogP contribution in [0.4, 0.5) is 0 Å². The third-order valence-electron chi connectivity index (χ3n) is 1.96. The molecule has 0 bridgehead atoms. The first-order chi connectivity index (χ1) is 8.08. The molecule has 3 nitrogen and oxygen atoms in total. The molecular weight excluding hydrogens is 240 g/mol. The molecule has 0 N–H and O–H groups in total. The minimum Gasteiger partial charge on any atom is -0.482 e. The van der Waals surface area contributed by atoms with E-state index >= 15 is 0 Å². The van der Waals surface area contributed by atoms with Gasteiger partial charge in [-0.15, -0.1) is 6.58 Å². The van der Waals surface area contributed by atoms with Crippen molar-refractivity contribution in [3.05, 3.63) is 41.4 Å². The van der Waals surface area contributed by atoms with E-state index in [0.717, 1.165) is 5.57 Å². The van der Waals surface area contributed by atoms with Crippen LogP contribution in [0.15, 0.2) is 36.4 Å². The molecule has 0 atom stereocenters. The van der Waals surface area contributed by atoms with Crippen LogP contribution in [0.5, 0.6) is 5.75 Å². The fourth-order valence-corrected chi connectivity index (χ4v) is 1.18. The first kappa shape index (κ1) is 13.6. The molecule has 92 valence electrons. The zero-order chi connectivity index (χ0) is 12.7. The molecule has 1 aromatic carbocycles. The summed E-state index contributed by atoms with van der Waals surface area (Å²) in [6, 6.07) is 6.79. The molecule has 0 aliphatic heterocycles. The van der Waals surface area contributed by atoms with Crippen LogP contribution in [-0.4, -0.2) is 19.2 Å². The van der Waals surface area contributed by atoms with Crippen molar-refractivity contribution in [3.63, 3.8) is 0 Å². The Balaban J connectivity index is 2.23. The molecule has 0 aliphatic carbocycles. The molecule has 17 heavy (non-hydrogen) atoms. The molecule has 4 heteroatoms. The SMILES string of the molecule is C=C(C)CCOC(=O)COc1ccc(Cl)cc1. The lowest BCUT2D eigenvalue weighted by molar-refractivity contribution is -0.145. The summed E-state index contributed by atoms with van der Waals surface area (Å²) in [5, 5.41) is 0.626. The smallest absolute Gasteiger partial charge is 0.344 e. The van der Waals surface area contributed by atoms with Crippen molar-refractivity contribution in [1.82, 2.24) is 0 Å². The summed E-state index contributed by atoms with van der Waals surface area (Å²) in [5.74, 6) is 0.201. The van der Waals surface area contributed by atoms with Gasteiger partial charge >= 0.3 is 5.97 Å². The Labute approximate surface area is 106 Å². The van der Waals surface area contributed by atoms with Crippen molar-refractivity contribution in [1.29, 1.82) is 0 Å². The number of hydrogen-bond acceptors (Lipinski definition) is 3. The molecule has 0 fully saturated rings. The number of carbonyl (C=O) groups excluding carboxylic acids is 1. The molecule has 0 amide bonds. The van der Waals surface area contributed by atoms with Gasteiger partial charge in [0.15, 0.2) is 6.61 Å². The van der Waals surface area contributed by atoms with E-state index in [-0.39, 0.29) is 12.6 Å². The van der Waals surface area contributed by atoms with Crippen LogP contribution in [-0.2, 0) is 9.53 Å². The van der Waals surface area contributed by atoms with Crippen molar-refractivity contribution in [2.24, 2.45) is 0 Å². The number of esters is 1.